The van der Waals surface area contributed by atoms with Crippen LogP contribution in [0.4, 0.5) is 0 Å². The van der Waals surface area contributed by atoms with Gasteiger partial charge in [-0.25, -0.2) is 4.79 Å². The molecule has 0 N–H and O–H groups in total. The Morgan fingerprint density at radius 2 is 2.00 bits per heavy atom. The van der Waals surface area contributed by atoms with Crippen molar-refractivity contribution >= 4 is 0 Å². The third kappa shape index (κ3) is 1.93. The maximum absolute atomic E-state index is 12.1. The van der Waals surface area contributed by atoms with Crippen LogP contribution < -0.4 is 11.2 Å². The van der Waals surface area contributed by atoms with E-state index in [0.29, 0.717) is 13.1 Å². The van der Waals surface area contributed by atoms with Crippen molar-refractivity contribution in [3.8, 4) is 0 Å². The maximum atomic E-state index is 12.1. The Balaban J connectivity index is 1.94. The van der Waals surface area contributed by atoms with Crippen molar-refractivity contribution in [2.75, 3.05) is 0 Å². The largest absolute Gasteiger partial charge is 0.330 e. The van der Waals surface area contributed by atoms with Crippen LogP contribution in [0.25, 0.3) is 0 Å². The summed E-state index contributed by atoms with van der Waals surface area (Å²) in [4.78, 5) is 24.0. The summed E-state index contributed by atoms with van der Waals surface area (Å²) in [5.41, 5.74) is 2.17. The Kier molecular flexibility index (Phi) is 2.85. The minimum absolute atomic E-state index is 0.209. The Morgan fingerprint density at radius 3 is 2.74 bits per heavy atom. The van der Waals surface area contributed by atoms with E-state index < -0.39 is 0 Å². The summed E-state index contributed by atoms with van der Waals surface area (Å²) in [5, 5.41) is 0. The minimum atomic E-state index is -0.209. The van der Waals surface area contributed by atoms with Gasteiger partial charge in [0.25, 0.3) is 5.56 Å². The highest BCUT2D eigenvalue weighted by Gasteiger charge is 2.26. The normalized spacial score (nSPS) is 16.8. The molecule has 0 fully saturated rings. The lowest BCUT2D eigenvalue weighted by molar-refractivity contribution is 0.466. The number of fused-ring (bicyclic) bond motifs is 1. The zero-order valence-corrected chi connectivity index (χ0v) is 10.9. The van der Waals surface area contributed by atoms with Gasteiger partial charge in [0, 0.05) is 31.3 Å². The van der Waals surface area contributed by atoms with Crippen LogP contribution in [0.3, 0.4) is 0 Å². The molecule has 2 aromatic rings. The van der Waals surface area contributed by atoms with Crippen molar-refractivity contribution in [3.05, 3.63) is 68.5 Å². The lowest BCUT2D eigenvalue weighted by Crippen LogP contribution is -2.41. The van der Waals surface area contributed by atoms with Gasteiger partial charge in [-0.1, -0.05) is 24.3 Å². The molecule has 19 heavy (non-hydrogen) atoms. The lowest BCUT2D eigenvalue weighted by Gasteiger charge is -2.30. The molecule has 4 nitrogen and oxygen atoms in total. The molecule has 0 amide bonds. The van der Waals surface area contributed by atoms with Crippen LogP contribution in [-0.2, 0) is 19.5 Å². The van der Waals surface area contributed by atoms with Crippen LogP contribution in [0, 0.1) is 0 Å². The SMILES string of the molecule is CCn1ccc(=O)n(CC2Cc3ccccc32)c1=O. The van der Waals surface area contributed by atoms with Gasteiger partial charge >= 0.3 is 5.69 Å². The van der Waals surface area contributed by atoms with Gasteiger partial charge in [0.05, 0.1) is 0 Å². The molecule has 0 radical (unpaired) electrons. The zero-order chi connectivity index (χ0) is 13.4. The molecule has 3 rings (SSSR count). The number of aromatic nitrogens is 2. The van der Waals surface area contributed by atoms with Crippen molar-refractivity contribution in [3.63, 3.8) is 0 Å². The summed E-state index contributed by atoms with van der Waals surface area (Å²) in [6.45, 7) is 2.96. The number of hydrogen-bond acceptors (Lipinski definition) is 2. The highest BCUT2D eigenvalue weighted by Crippen LogP contribution is 2.35. The number of hydrogen-bond donors (Lipinski definition) is 0. The first-order chi connectivity index (χ1) is 9.20. The monoisotopic (exact) mass is 256 g/mol. The van der Waals surface area contributed by atoms with E-state index in [2.05, 4.69) is 12.1 Å². The van der Waals surface area contributed by atoms with Gasteiger partial charge in [-0.05, 0) is 24.5 Å². The van der Waals surface area contributed by atoms with Gasteiger partial charge in [0.1, 0.15) is 0 Å². The fourth-order valence-electron chi connectivity index (χ4n) is 2.71. The third-order valence-electron chi connectivity index (χ3n) is 3.84. The van der Waals surface area contributed by atoms with Crippen LogP contribution >= 0.6 is 0 Å². The van der Waals surface area contributed by atoms with Gasteiger partial charge in [0.2, 0.25) is 0 Å². The fraction of sp³-hybridized carbons (Fsp3) is 0.333. The Hall–Kier alpha value is -2.10. The first-order valence-electron chi connectivity index (χ1n) is 6.58. The fourth-order valence-corrected chi connectivity index (χ4v) is 2.71. The van der Waals surface area contributed by atoms with E-state index >= 15 is 0 Å². The molecule has 4 heteroatoms. The average Bonchev–Trinajstić information content (AvgIpc) is 2.39. The topological polar surface area (TPSA) is 44.0 Å². The van der Waals surface area contributed by atoms with Crippen molar-refractivity contribution in [1.82, 2.24) is 9.13 Å². The first kappa shape index (κ1) is 12.0. The lowest BCUT2D eigenvalue weighted by atomic mass is 9.77. The predicted octanol–water partition coefficient (Wildman–Crippen LogP) is 1.37. The molecule has 98 valence electrons. The summed E-state index contributed by atoms with van der Waals surface area (Å²) in [7, 11) is 0. The molecule has 0 saturated carbocycles. The molecule has 1 aromatic carbocycles. The van der Waals surface area contributed by atoms with Crippen molar-refractivity contribution in [2.45, 2.75) is 32.4 Å². The average molecular weight is 256 g/mol. The van der Waals surface area contributed by atoms with Crippen molar-refractivity contribution < 1.29 is 0 Å². The van der Waals surface area contributed by atoms with Crippen molar-refractivity contribution in [1.29, 1.82) is 0 Å². The second-order valence-corrected chi connectivity index (χ2v) is 4.93. The van der Waals surface area contributed by atoms with E-state index in [1.807, 2.05) is 19.1 Å². The van der Waals surface area contributed by atoms with Crippen LogP contribution in [0.2, 0.25) is 0 Å². The van der Waals surface area contributed by atoms with E-state index in [9.17, 15) is 9.59 Å². The van der Waals surface area contributed by atoms with E-state index in [1.165, 1.54) is 21.8 Å². The molecule has 1 aromatic heterocycles. The Labute approximate surface area is 110 Å². The molecule has 1 atom stereocenters. The molecule has 1 aliphatic rings. The standard InChI is InChI=1S/C15H16N2O2/c1-2-16-8-7-14(18)17(15(16)19)10-12-9-11-5-3-4-6-13(11)12/h3-8,12H,2,9-10H2,1H3. The van der Waals surface area contributed by atoms with Crippen LogP contribution in [-0.4, -0.2) is 9.13 Å². The van der Waals surface area contributed by atoms with Crippen LogP contribution in [0.1, 0.15) is 24.0 Å². The van der Waals surface area contributed by atoms with E-state index in [0.717, 1.165) is 6.42 Å². The molecule has 1 aliphatic carbocycles. The highest BCUT2D eigenvalue weighted by molar-refractivity contribution is 5.39. The molecule has 0 spiro atoms. The van der Waals surface area contributed by atoms with Crippen LogP contribution in [0.5, 0.6) is 0 Å². The highest BCUT2D eigenvalue weighted by atomic mass is 16.2. The summed E-state index contributed by atoms with van der Waals surface area (Å²) in [6, 6.07) is 9.67. The Morgan fingerprint density at radius 1 is 1.21 bits per heavy atom. The predicted molar refractivity (Wildman–Crippen MR) is 73.5 cm³/mol. The van der Waals surface area contributed by atoms with E-state index in [4.69, 9.17) is 0 Å². The molecular weight excluding hydrogens is 240 g/mol. The maximum Gasteiger partial charge on any atom is 0.330 e. The number of nitrogens with zero attached hydrogens (tertiary/aromatic N) is 2. The van der Waals surface area contributed by atoms with E-state index in [1.54, 1.807) is 10.8 Å². The second kappa shape index (κ2) is 4.53. The number of aryl methyl sites for hydroxylation is 1. The van der Waals surface area contributed by atoms with Gasteiger partial charge < -0.3 is 4.57 Å². The van der Waals surface area contributed by atoms with Crippen molar-refractivity contribution in [2.24, 2.45) is 0 Å². The molecule has 1 heterocycles. The zero-order valence-electron chi connectivity index (χ0n) is 10.9. The molecular formula is C15H16N2O2. The smallest absolute Gasteiger partial charge is 0.301 e. The van der Waals surface area contributed by atoms with E-state index in [-0.39, 0.29) is 17.2 Å². The number of rotatable bonds is 3. The van der Waals surface area contributed by atoms with Gasteiger partial charge in [-0.2, -0.15) is 0 Å². The Bertz CT molecular complexity index is 727. The minimum Gasteiger partial charge on any atom is -0.301 e. The summed E-state index contributed by atoms with van der Waals surface area (Å²) >= 11 is 0. The van der Waals surface area contributed by atoms with Gasteiger partial charge in [-0.3, -0.25) is 9.36 Å². The van der Waals surface area contributed by atoms with Gasteiger partial charge in [0.15, 0.2) is 0 Å². The molecule has 0 bridgehead atoms. The first-order valence-corrected chi connectivity index (χ1v) is 6.58. The van der Waals surface area contributed by atoms with Gasteiger partial charge in [-0.15, -0.1) is 0 Å². The third-order valence-corrected chi connectivity index (χ3v) is 3.84. The van der Waals surface area contributed by atoms with Crippen LogP contribution in [0.15, 0.2) is 46.1 Å². The molecule has 1 unspecified atom stereocenters. The molecule has 0 aliphatic heterocycles. The summed E-state index contributed by atoms with van der Waals surface area (Å²) in [5.74, 6) is 0.286. The number of benzene rings is 1. The summed E-state index contributed by atoms with van der Waals surface area (Å²) in [6.07, 6.45) is 2.51. The second-order valence-electron chi connectivity index (χ2n) is 4.93. The molecule has 0 saturated heterocycles. The summed E-state index contributed by atoms with van der Waals surface area (Å²) < 4.78 is 2.91. The quantitative estimate of drug-likeness (QED) is 0.832.